The molecule has 1 aromatic carbocycles. The molecule has 0 fully saturated rings. The van der Waals surface area contributed by atoms with Crippen LogP contribution in [0.4, 0.5) is 5.69 Å². The summed E-state index contributed by atoms with van der Waals surface area (Å²) in [5.41, 5.74) is 3.75. The lowest BCUT2D eigenvalue weighted by molar-refractivity contribution is 0.242. The maximum atomic E-state index is 6.12. The van der Waals surface area contributed by atoms with E-state index in [0.717, 1.165) is 22.9 Å². The Labute approximate surface area is 135 Å². The summed E-state index contributed by atoms with van der Waals surface area (Å²) in [6.07, 6.45) is 2.47. The number of aryl methyl sites for hydroxylation is 2. The highest BCUT2D eigenvalue weighted by Crippen LogP contribution is 2.41. The molecule has 3 rings (SSSR count). The van der Waals surface area contributed by atoms with Gasteiger partial charge in [0, 0.05) is 10.6 Å². The summed E-state index contributed by atoms with van der Waals surface area (Å²) in [6, 6.07) is 8.72. The van der Waals surface area contributed by atoms with Crippen LogP contribution in [0.15, 0.2) is 24.3 Å². The Hall–Kier alpha value is -1.19. The molecule has 2 aromatic rings. The second kappa shape index (κ2) is 5.90. The Kier molecular flexibility index (Phi) is 4.14. The van der Waals surface area contributed by atoms with Crippen molar-refractivity contribution < 1.29 is 4.74 Å². The van der Waals surface area contributed by atoms with Crippen molar-refractivity contribution in [2.45, 2.75) is 45.8 Å². The number of hydrogen-bond acceptors (Lipinski definition) is 3. The summed E-state index contributed by atoms with van der Waals surface area (Å²) in [7, 11) is 0. The molecule has 1 aliphatic rings. The molecule has 0 aliphatic heterocycles. The van der Waals surface area contributed by atoms with Gasteiger partial charge in [0.05, 0.1) is 16.5 Å². The highest BCUT2D eigenvalue weighted by Gasteiger charge is 2.25. The average molecular weight is 322 g/mol. The van der Waals surface area contributed by atoms with Crippen LogP contribution in [0.2, 0.25) is 4.34 Å². The van der Waals surface area contributed by atoms with E-state index in [4.69, 9.17) is 16.3 Å². The van der Waals surface area contributed by atoms with Gasteiger partial charge in [-0.2, -0.15) is 0 Å². The van der Waals surface area contributed by atoms with Crippen LogP contribution in [-0.2, 0) is 6.42 Å². The lowest BCUT2D eigenvalue weighted by Gasteiger charge is -2.18. The average Bonchev–Trinajstić information content (AvgIpc) is 2.92. The number of rotatable bonds is 4. The first-order valence-electron chi connectivity index (χ1n) is 7.35. The second-order valence-corrected chi connectivity index (χ2v) is 7.58. The van der Waals surface area contributed by atoms with E-state index in [1.165, 1.54) is 21.7 Å². The Morgan fingerprint density at radius 3 is 2.86 bits per heavy atom. The molecule has 1 atom stereocenters. The first-order valence-corrected chi connectivity index (χ1v) is 8.54. The molecular weight excluding hydrogens is 302 g/mol. The summed E-state index contributed by atoms with van der Waals surface area (Å²) in [4.78, 5) is 1.43. The van der Waals surface area contributed by atoms with Gasteiger partial charge in [-0.3, -0.25) is 0 Å². The summed E-state index contributed by atoms with van der Waals surface area (Å²) in [5, 5.41) is 3.65. The Morgan fingerprint density at radius 2 is 2.14 bits per heavy atom. The molecule has 112 valence electrons. The van der Waals surface area contributed by atoms with Crippen molar-refractivity contribution in [1.82, 2.24) is 0 Å². The number of benzene rings is 1. The molecule has 1 aliphatic carbocycles. The predicted octanol–water partition coefficient (Wildman–Crippen LogP) is 5.60. The molecule has 2 nitrogen and oxygen atoms in total. The minimum absolute atomic E-state index is 0.202. The number of halogens is 1. The number of hydrogen-bond donors (Lipinski definition) is 1. The molecule has 4 heteroatoms. The zero-order chi connectivity index (χ0) is 15.0. The molecule has 1 unspecified atom stereocenters. The molecule has 0 saturated carbocycles. The molecule has 0 bridgehead atoms. The van der Waals surface area contributed by atoms with Gasteiger partial charge >= 0.3 is 0 Å². The molecule has 1 aromatic heterocycles. The highest BCUT2D eigenvalue weighted by molar-refractivity contribution is 7.16. The smallest absolute Gasteiger partial charge is 0.120 e. The zero-order valence-electron chi connectivity index (χ0n) is 12.6. The minimum Gasteiger partial charge on any atom is -0.491 e. The quantitative estimate of drug-likeness (QED) is 0.791. The second-order valence-electron chi connectivity index (χ2n) is 5.81. The van der Waals surface area contributed by atoms with Gasteiger partial charge in [0.2, 0.25) is 0 Å². The van der Waals surface area contributed by atoms with Crippen molar-refractivity contribution in [2.75, 3.05) is 5.32 Å². The van der Waals surface area contributed by atoms with Crippen LogP contribution in [0.3, 0.4) is 0 Å². The maximum Gasteiger partial charge on any atom is 0.120 e. The SMILES string of the molecule is Cc1cc(OC(C)C)ccc1NC1CCc2sc(Cl)cc21. The molecule has 0 amide bonds. The van der Waals surface area contributed by atoms with Crippen LogP contribution in [0.1, 0.15) is 42.3 Å². The number of nitrogens with one attached hydrogen (secondary N) is 1. The number of ether oxygens (including phenoxy) is 1. The van der Waals surface area contributed by atoms with Gasteiger partial charge in [0.15, 0.2) is 0 Å². The van der Waals surface area contributed by atoms with E-state index >= 15 is 0 Å². The third-order valence-corrected chi connectivity index (χ3v) is 5.09. The van der Waals surface area contributed by atoms with Crippen LogP contribution < -0.4 is 10.1 Å². The third kappa shape index (κ3) is 3.19. The third-order valence-electron chi connectivity index (χ3n) is 3.75. The summed E-state index contributed by atoms with van der Waals surface area (Å²) < 4.78 is 6.63. The van der Waals surface area contributed by atoms with Crippen LogP contribution >= 0.6 is 22.9 Å². The fraction of sp³-hybridized carbons (Fsp3) is 0.412. The van der Waals surface area contributed by atoms with Gasteiger partial charge < -0.3 is 10.1 Å². The van der Waals surface area contributed by atoms with E-state index in [2.05, 4.69) is 30.4 Å². The number of thiophene rings is 1. The normalized spacial score (nSPS) is 17.1. The van der Waals surface area contributed by atoms with Gasteiger partial charge in [-0.05, 0) is 69.0 Å². The van der Waals surface area contributed by atoms with Gasteiger partial charge in [-0.1, -0.05) is 11.6 Å². The molecule has 21 heavy (non-hydrogen) atoms. The van der Waals surface area contributed by atoms with Crippen molar-refractivity contribution in [3.05, 3.63) is 44.6 Å². The van der Waals surface area contributed by atoms with Crippen LogP contribution in [0.5, 0.6) is 5.75 Å². The van der Waals surface area contributed by atoms with Crippen molar-refractivity contribution >= 4 is 28.6 Å². The summed E-state index contributed by atoms with van der Waals surface area (Å²) in [6.45, 7) is 6.20. The molecule has 0 saturated heterocycles. The van der Waals surface area contributed by atoms with Gasteiger partial charge in [0.1, 0.15) is 5.75 Å². The van der Waals surface area contributed by atoms with E-state index in [-0.39, 0.29) is 6.10 Å². The molecule has 0 radical (unpaired) electrons. The topological polar surface area (TPSA) is 21.3 Å². The van der Waals surface area contributed by atoms with E-state index < -0.39 is 0 Å². The standard InChI is InChI=1S/C17H20ClNOS/c1-10(2)20-12-4-5-14(11(3)8-12)19-15-6-7-16-13(15)9-17(18)21-16/h4-5,8-10,15,19H,6-7H2,1-3H3. The monoisotopic (exact) mass is 321 g/mol. The first kappa shape index (κ1) is 14.7. The number of anilines is 1. The highest BCUT2D eigenvalue weighted by atomic mass is 35.5. The van der Waals surface area contributed by atoms with Crippen molar-refractivity contribution in [1.29, 1.82) is 0 Å². The maximum absolute atomic E-state index is 6.12. The van der Waals surface area contributed by atoms with E-state index in [1.54, 1.807) is 11.3 Å². The van der Waals surface area contributed by atoms with E-state index in [1.807, 2.05) is 19.9 Å². The molecular formula is C17H20ClNOS. The number of fused-ring (bicyclic) bond motifs is 1. The van der Waals surface area contributed by atoms with Gasteiger partial charge in [-0.25, -0.2) is 0 Å². The van der Waals surface area contributed by atoms with Crippen molar-refractivity contribution in [2.24, 2.45) is 0 Å². The van der Waals surface area contributed by atoms with Crippen molar-refractivity contribution in [3.63, 3.8) is 0 Å². The Bertz CT molecular complexity index is 650. The van der Waals surface area contributed by atoms with Crippen LogP contribution in [0.25, 0.3) is 0 Å². The minimum atomic E-state index is 0.202. The summed E-state index contributed by atoms with van der Waals surface area (Å²) in [5.74, 6) is 0.929. The van der Waals surface area contributed by atoms with Crippen LogP contribution in [0, 0.1) is 6.92 Å². The van der Waals surface area contributed by atoms with E-state index in [9.17, 15) is 0 Å². The fourth-order valence-electron chi connectivity index (χ4n) is 2.81. The summed E-state index contributed by atoms with van der Waals surface area (Å²) >= 11 is 7.83. The Balaban J connectivity index is 1.76. The lowest BCUT2D eigenvalue weighted by Crippen LogP contribution is -2.09. The molecule has 1 heterocycles. The molecule has 0 spiro atoms. The first-order chi connectivity index (χ1) is 10.0. The molecule has 1 N–H and O–H groups in total. The Morgan fingerprint density at radius 1 is 1.33 bits per heavy atom. The predicted molar refractivity (Wildman–Crippen MR) is 91.0 cm³/mol. The fourth-order valence-corrected chi connectivity index (χ4v) is 4.17. The lowest BCUT2D eigenvalue weighted by atomic mass is 10.1. The van der Waals surface area contributed by atoms with Crippen LogP contribution in [-0.4, -0.2) is 6.10 Å². The van der Waals surface area contributed by atoms with E-state index in [0.29, 0.717) is 6.04 Å². The van der Waals surface area contributed by atoms with Gasteiger partial charge in [0.25, 0.3) is 0 Å². The zero-order valence-corrected chi connectivity index (χ0v) is 14.1. The van der Waals surface area contributed by atoms with Crippen molar-refractivity contribution in [3.8, 4) is 5.75 Å². The van der Waals surface area contributed by atoms with Gasteiger partial charge in [-0.15, -0.1) is 11.3 Å². The largest absolute Gasteiger partial charge is 0.491 e.